The van der Waals surface area contributed by atoms with Crippen molar-refractivity contribution >= 4 is 11.6 Å². The minimum Gasteiger partial charge on any atom is -0.317 e. The van der Waals surface area contributed by atoms with E-state index < -0.39 is 0 Å². The van der Waals surface area contributed by atoms with E-state index in [1.807, 2.05) is 10.8 Å². The smallest absolute Gasteiger partial charge is 0.148 e. The lowest BCUT2D eigenvalue weighted by atomic mass is 9.78. The molecular weight excluding hydrogens is 277 g/mol. The van der Waals surface area contributed by atoms with Gasteiger partial charge in [-0.2, -0.15) is 0 Å². The molecular formula is C15H17ClFN3. The van der Waals surface area contributed by atoms with Crippen LogP contribution < -0.4 is 5.32 Å². The van der Waals surface area contributed by atoms with Crippen LogP contribution >= 0.6 is 11.6 Å². The van der Waals surface area contributed by atoms with Crippen LogP contribution in [-0.2, 0) is 5.41 Å². The molecule has 2 heterocycles. The van der Waals surface area contributed by atoms with E-state index in [-0.39, 0.29) is 11.2 Å². The molecule has 0 radical (unpaired) electrons. The molecule has 1 aromatic heterocycles. The fourth-order valence-electron chi connectivity index (χ4n) is 2.84. The Morgan fingerprint density at radius 3 is 2.80 bits per heavy atom. The van der Waals surface area contributed by atoms with Crippen LogP contribution in [0.4, 0.5) is 4.39 Å². The highest BCUT2D eigenvalue weighted by Crippen LogP contribution is 2.34. The van der Waals surface area contributed by atoms with Crippen molar-refractivity contribution in [2.45, 2.75) is 25.2 Å². The lowest BCUT2D eigenvalue weighted by molar-refractivity contribution is 0.323. The number of nitrogens with zero attached hydrogens (tertiary/aromatic N) is 2. The summed E-state index contributed by atoms with van der Waals surface area (Å²) in [4.78, 5) is 4.23. The van der Waals surface area contributed by atoms with E-state index in [9.17, 15) is 4.39 Å². The highest BCUT2D eigenvalue weighted by atomic mass is 35.5. The second-order valence-corrected chi connectivity index (χ2v) is 5.99. The van der Waals surface area contributed by atoms with Crippen LogP contribution in [0.2, 0.25) is 5.02 Å². The first-order valence-electron chi connectivity index (χ1n) is 6.79. The van der Waals surface area contributed by atoms with E-state index in [1.165, 1.54) is 6.07 Å². The predicted molar refractivity (Wildman–Crippen MR) is 78.0 cm³/mol. The maximum absolute atomic E-state index is 14.1. The van der Waals surface area contributed by atoms with Crippen molar-refractivity contribution < 1.29 is 4.39 Å². The van der Waals surface area contributed by atoms with E-state index >= 15 is 0 Å². The Morgan fingerprint density at radius 2 is 2.10 bits per heavy atom. The Labute approximate surface area is 122 Å². The summed E-state index contributed by atoms with van der Waals surface area (Å²) in [6.07, 6.45) is 5.57. The molecule has 0 unspecified atom stereocenters. The summed E-state index contributed by atoms with van der Waals surface area (Å²) in [7, 11) is 0. The molecule has 106 valence electrons. The molecule has 0 bridgehead atoms. The van der Waals surface area contributed by atoms with E-state index in [0.29, 0.717) is 10.7 Å². The molecule has 0 saturated carbocycles. The molecule has 1 N–H and O–H groups in total. The van der Waals surface area contributed by atoms with Crippen molar-refractivity contribution in [2.24, 2.45) is 0 Å². The van der Waals surface area contributed by atoms with Gasteiger partial charge in [0.2, 0.25) is 0 Å². The molecule has 0 atom stereocenters. The first-order valence-corrected chi connectivity index (χ1v) is 7.17. The molecule has 5 heteroatoms. The van der Waals surface area contributed by atoms with Crippen LogP contribution in [0.3, 0.4) is 0 Å². The van der Waals surface area contributed by atoms with Gasteiger partial charge in [-0.25, -0.2) is 9.37 Å². The third-order valence-electron chi connectivity index (χ3n) is 4.13. The van der Waals surface area contributed by atoms with Crippen molar-refractivity contribution in [3.05, 3.63) is 47.3 Å². The summed E-state index contributed by atoms with van der Waals surface area (Å²) in [5.41, 5.74) is 1.58. The topological polar surface area (TPSA) is 29.9 Å². The molecule has 0 spiro atoms. The van der Waals surface area contributed by atoms with Gasteiger partial charge in [0, 0.05) is 22.3 Å². The molecule has 3 nitrogen and oxygen atoms in total. The van der Waals surface area contributed by atoms with Gasteiger partial charge in [-0.1, -0.05) is 18.5 Å². The first kappa shape index (κ1) is 13.6. The Kier molecular flexibility index (Phi) is 3.52. The van der Waals surface area contributed by atoms with Gasteiger partial charge < -0.3 is 5.32 Å². The number of nitrogens with one attached hydrogen (secondary N) is 1. The minimum absolute atomic E-state index is 0.0217. The zero-order valence-corrected chi connectivity index (χ0v) is 12.1. The second kappa shape index (κ2) is 5.19. The van der Waals surface area contributed by atoms with Gasteiger partial charge in [0.15, 0.2) is 0 Å². The zero-order valence-electron chi connectivity index (χ0n) is 11.4. The number of hydrogen-bond acceptors (Lipinski definition) is 2. The van der Waals surface area contributed by atoms with Crippen molar-refractivity contribution in [3.63, 3.8) is 0 Å². The molecule has 0 amide bonds. The number of halogens is 2. The summed E-state index contributed by atoms with van der Waals surface area (Å²) in [6, 6.07) is 4.74. The van der Waals surface area contributed by atoms with E-state index in [1.54, 1.807) is 18.5 Å². The van der Waals surface area contributed by atoms with Crippen LogP contribution in [0.15, 0.2) is 30.7 Å². The quantitative estimate of drug-likeness (QED) is 0.921. The summed E-state index contributed by atoms with van der Waals surface area (Å²) < 4.78 is 16.0. The maximum atomic E-state index is 14.1. The van der Waals surface area contributed by atoms with Crippen molar-refractivity contribution in [1.82, 2.24) is 14.9 Å². The number of piperidine rings is 1. The molecule has 1 aliphatic rings. The lowest BCUT2D eigenvalue weighted by Crippen LogP contribution is -2.38. The van der Waals surface area contributed by atoms with Crippen molar-refractivity contribution in [3.8, 4) is 5.69 Å². The van der Waals surface area contributed by atoms with Gasteiger partial charge in [-0.15, -0.1) is 0 Å². The highest BCUT2D eigenvalue weighted by molar-refractivity contribution is 6.30. The van der Waals surface area contributed by atoms with Gasteiger partial charge in [0.25, 0.3) is 0 Å². The van der Waals surface area contributed by atoms with E-state index in [0.717, 1.165) is 31.6 Å². The third-order valence-corrected chi connectivity index (χ3v) is 4.37. The monoisotopic (exact) mass is 293 g/mol. The number of aromatic nitrogens is 2. The number of hydrogen-bond donors (Lipinski definition) is 1. The standard InChI is InChI=1S/C15H17ClFN3/c1-15(4-6-18-7-5-15)14-9-19-10-20(14)13-3-2-11(16)8-12(13)17/h2-3,8-10,18H,4-7H2,1H3. The Bertz CT molecular complexity index is 617. The predicted octanol–water partition coefficient (Wildman–Crippen LogP) is 3.31. The summed E-state index contributed by atoms with van der Waals surface area (Å²) >= 11 is 5.82. The fraction of sp³-hybridized carbons (Fsp3) is 0.400. The van der Waals surface area contributed by atoms with Crippen LogP contribution in [-0.4, -0.2) is 22.6 Å². The molecule has 1 aromatic carbocycles. The molecule has 1 fully saturated rings. The van der Waals surface area contributed by atoms with Gasteiger partial charge in [0.1, 0.15) is 5.82 Å². The van der Waals surface area contributed by atoms with Crippen molar-refractivity contribution in [1.29, 1.82) is 0 Å². The summed E-state index contributed by atoms with van der Waals surface area (Å²) in [5.74, 6) is -0.325. The van der Waals surface area contributed by atoms with Crippen LogP contribution in [0.25, 0.3) is 5.69 Å². The summed E-state index contributed by atoms with van der Waals surface area (Å²) in [6.45, 7) is 4.17. The van der Waals surface area contributed by atoms with Crippen LogP contribution in [0.5, 0.6) is 0 Å². The number of rotatable bonds is 2. The summed E-state index contributed by atoms with van der Waals surface area (Å²) in [5, 5.41) is 3.76. The molecule has 20 heavy (non-hydrogen) atoms. The third kappa shape index (κ3) is 2.34. The molecule has 2 aromatic rings. The molecule has 1 saturated heterocycles. The van der Waals surface area contributed by atoms with E-state index in [4.69, 9.17) is 11.6 Å². The Balaban J connectivity index is 2.05. The lowest BCUT2D eigenvalue weighted by Gasteiger charge is -2.34. The first-order chi connectivity index (χ1) is 9.60. The average Bonchev–Trinajstić information content (AvgIpc) is 2.89. The van der Waals surface area contributed by atoms with Gasteiger partial charge in [-0.3, -0.25) is 4.57 Å². The Hall–Kier alpha value is -1.39. The highest BCUT2D eigenvalue weighted by Gasteiger charge is 2.32. The van der Waals surface area contributed by atoms with Gasteiger partial charge >= 0.3 is 0 Å². The molecule has 1 aliphatic heterocycles. The number of imidazole rings is 1. The van der Waals surface area contributed by atoms with Crippen LogP contribution in [0.1, 0.15) is 25.5 Å². The van der Waals surface area contributed by atoms with E-state index in [2.05, 4.69) is 17.2 Å². The largest absolute Gasteiger partial charge is 0.317 e. The molecule has 0 aliphatic carbocycles. The Morgan fingerprint density at radius 1 is 1.35 bits per heavy atom. The average molecular weight is 294 g/mol. The SMILES string of the molecule is CC1(c2cncn2-c2ccc(Cl)cc2F)CCNCC1. The second-order valence-electron chi connectivity index (χ2n) is 5.56. The van der Waals surface area contributed by atoms with Crippen LogP contribution in [0, 0.1) is 5.82 Å². The maximum Gasteiger partial charge on any atom is 0.148 e. The molecule has 3 rings (SSSR count). The number of benzene rings is 1. The minimum atomic E-state index is -0.325. The van der Waals surface area contributed by atoms with Gasteiger partial charge in [0.05, 0.1) is 12.0 Å². The fourth-order valence-corrected chi connectivity index (χ4v) is 3.00. The normalized spacial score (nSPS) is 18.1. The van der Waals surface area contributed by atoms with Crippen molar-refractivity contribution in [2.75, 3.05) is 13.1 Å². The zero-order chi connectivity index (χ0) is 14.2. The van der Waals surface area contributed by atoms with Gasteiger partial charge in [-0.05, 0) is 44.1 Å².